The second-order valence-electron chi connectivity index (χ2n) is 5.84. The van der Waals surface area contributed by atoms with Crippen LogP contribution in [0.4, 0.5) is 9.52 Å². The number of carbonyl (C=O) groups is 1. The van der Waals surface area contributed by atoms with E-state index in [0.29, 0.717) is 22.2 Å². The summed E-state index contributed by atoms with van der Waals surface area (Å²) >= 11 is 2.77. The molecule has 0 unspecified atom stereocenters. The van der Waals surface area contributed by atoms with Gasteiger partial charge in [-0.1, -0.05) is 35.2 Å². The van der Waals surface area contributed by atoms with E-state index in [-0.39, 0.29) is 11.7 Å². The molecule has 3 heterocycles. The van der Waals surface area contributed by atoms with Crippen molar-refractivity contribution in [2.45, 2.75) is 17.0 Å². The first kappa shape index (κ1) is 17.6. The Morgan fingerprint density at radius 1 is 1.26 bits per heavy atom. The van der Waals surface area contributed by atoms with Crippen LogP contribution in [0.15, 0.2) is 53.1 Å². The number of nitrogens with zero attached hydrogens (tertiary/aromatic N) is 4. The topological polar surface area (TPSA) is 72.2 Å². The van der Waals surface area contributed by atoms with Crippen LogP contribution in [-0.4, -0.2) is 25.5 Å². The summed E-state index contributed by atoms with van der Waals surface area (Å²) < 4.78 is 15.4. The van der Waals surface area contributed by atoms with Crippen LogP contribution in [0.25, 0.3) is 5.65 Å². The number of benzene rings is 1. The molecule has 9 heteroatoms. The fraction of sp³-hybridized carbons (Fsp3) is 0.111. The van der Waals surface area contributed by atoms with Crippen LogP contribution in [0, 0.1) is 12.7 Å². The van der Waals surface area contributed by atoms with Gasteiger partial charge in [-0.25, -0.2) is 9.37 Å². The lowest BCUT2D eigenvalue weighted by Crippen LogP contribution is -2.12. The largest absolute Gasteiger partial charge is 0.306 e. The molecule has 1 aromatic carbocycles. The number of nitrogens with one attached hydrogen (secondary N) is 1. The fourth-order valence-electron chi connectivity index (χ4n) is 2.40. The average molecular weight is 399 g/mol. The van der Waals surface area contributed by atoms with Gasteiger partial charge in [0.25, 0.3) is 5.91 Å². The molecule has 0 atom stereocenters. The number of hydrogen-bond acceptors (Lipinski definition) is 6. The van der Waals surface area contributed by atoms with Gasteiger partial charge in [0.2, 0.25) is 5.13 Å². The third-order valence-corrected chi connectivity index (χ3v) is 5.79. The van der Waals surface area contributed by atoms with E-state index in [9.17, 15) is 9.18 Å². The van der Waals surface area contributed by atoms with Crippen molar-refractivity contribution in [2.75, 3.05) is 5.32 Å². The maximum absolute atomic E-state index is 12.9. The Kier molecular flexibility index (Phi) is 4.87. The summed E-state index contributed by atoms with van der Waals surface area (Å²) in [6, 6.07) is 10.2. The summed E-state index contributed by atoms with van der Waals surface area (Å²) in [6.45, 7) is 1.97. The van der Waals surface area contributed by atoms with Gasteiger partial charge in [-0.05, 0) is 42.3 Å². The van der Waals surface area contributed by atoms with Gasteiger partial charge in [-0.2, -0.15) is 0 Å². The van der Waals surface area contributed by atoms with Crippen LogP contribution in [0.2, 0.25) is 0 Å². The fourth-order valence-corrected chi connectivity index (χ4v) is 4.10. The summed E-state index contributed by atoms with van der Waals surface area (Å²) in [4.78, 5) is 16.7. The molecule has 0 aliphatic heterocycles. The number of carbonyl (C=O) groups excluding carboxylic acids is 1. The van der Waals surface area contributed by atoms with Crippen LogP contribution >= 0.6 is 23.1 Å². The number of imidazole rings is 1. The molecule has 0 saturated carbocycles. The maximum Gasteiger partial charge on any atom is 0.277 e. The van der Waals surface area contributed by atoms with Crippen LogP contribution in [0.3, 0.4) is 0 Å². The number of halogens is 1. The van der Waals surface area contributed by atoms with E-state index in [1.165, 1.54) is 35.2 Å². The molecule has 4 rings (SSSR count). The molecule has 0 aliphatic rings. The minimum Gasteiger partial charge on any atom is -0.306 e. The number of rotatable bonds is 5. The van der Waals surface area contributed by atoms with Crippen molar-refractivity contribution in [3.05, 3.63) is 71.4 Å². The highest BCUT2D eigenvalue weighted by Gasteiger charge is 2.14. The van der Waals surface area contributed by atoms with E-state index >= 15 is 0 Å². The van der Waals surface area contributed by atoms with E-state index in [0.717, 1.165) is 15.5 Å². The molecule has 0 aliphatic carbocycles. The van der Waals surface area contributed by atoms with Crippen molar-refractivity contribution in [3.8, 4) is 0 Å². The number of anilines is 1. The molecule has 0 fully saturated rings. The van der Waals surface area contributed by atoms with Gasteiger partial charge in [-0.15, -0.1) is 10.2 Å². The number of fused-ring (bicyclic) bond motifs is 1. The Labute approximate surface area is 162 Å². The Hall–Kier alpha value is -2.78. The van der Waals surface area contributed by atoms with E-state index in [2.05, 4.69) is 20.5 Å². The molecular formula is C18H14FN5OS2. The first-order valence-electron chi connectivity index (χ1n) is 8.04. The van der Waals surface area contributed by atoms with Crippen LogP contribution in [-0.2, 0) is 5.75 Å². The molecule has 0 bridgehead atoms. The van der Waals surface area contributed by atoms with Crippen LogP contribution in [0.1, 0.15) is 21.6 Å². The van der Waals surface area contributed by atoms with Gasteiger partial charge < -0.3 is 4.40 Å². The third kappa shape index (κ3) is 4.15. The molecular weight excluding hydrogens is 385 g/mol. The van der Waals surface area contributed by atoms with Gasteiger partial charge in [0.15, 0.2) is 4.34 Å². The molecule has 0 radical (unpaired) electrons. The van der Waals surface area contributed by atoms with Crippen molar-refractivity contribution < 1.29 is 9.18 Å². The maximum atomic E-state index is 12.9. The molecule has 3 aromatic heterocycles. The van der Waals surface area contributed by atoms with Crippen molar-refractivity contribution in [2.24, 2.45) is 0 Å². The van der Waals surface area contributed by atoms with E-state index in [4.69, 9.17) is 0 Å². The highest BCUT2D eigenvalue weighted by atomic mass is 32.2. The zero-order valence-electron chi connectivity index (χ0n) is 14.2. The number of pyridine rings is 1. The Morgan fingerprint density at radius 2 is 2.07 bits per heavy atom. The van der Waals surface area contributed by atoms with Crippen LogP contribution in [0.5, 0.6) is 0 Å². The third-order valence-electron chi connectivity index (χ3n) is 3.75. The van der Waals surface area contributed by atoms with Crippen molar-refractivity contribution in [1.82, 2.24) is 19.6 Å². The number of hydrogen-bond donors (Lipinski definition) is 1. The lowest BCUT2D eigenvalue weighted by Gasteiger charge is -1.98. The molecule has 136 valence electrons. The summed E-state index contributed by atoms with van der Waals surface area (Å²) in [5.41, 5.74) is 3.10. The summed E-state index contributed by atoms with van der Waals surface area (Å²) in [6.07, 6.45) is 3.54. The number of aryl methyl sites for hydroxylation is 1. The highest BCUT2D eigenvalue weighted by Crippen LogP contribution is 2.28. The summed E-state index contributed by atoms with van der Waals surface area (Å²) in [5.74, 6) is 0.0589. The van der Waals surface area contributed by atoms with Crippen molar-refractivity contribution in [3.63, 3.8) is 0 Å². The van der Waals surface area contributed by atoms with E-state index in [1.807, 2.05) is 25.3 Å². The Balaban J connectivity index is 1.40. The normalized spacial score (nSPS) is 11.0. The van der Waals surface area contributed by atoms with Crippen molar-refractivity contribution >= 4 is 39.8 Å². The van der Waals surface area contributed by atoms with Gasteiger partial charge in [0.05, 0.1) is 0 Å². The molecule has 27 heavy (non-hydrogen) atoms. The highest BCUT2D eigenvalue weighted by molar-refractivity contribution is 8.00. The predicted octanol–water partition coefficient (Wildman–Crippen LogP) is 4.18. The number of thioether (sulfide) groups is 1. The molecule has 1 N–H and O–H groups in total. The average Bonchev–Trinajstić information content (AvgIpc) is 3.27. The lowest BCUT2D eigenvalue weighted by molar-refractivity contribution is 0.102. The Morgan fingerprint density at radius 3 is 2.89 bits per heavy atom. The number of aromatic nitrogens is 4. The minimum absolute atomic E-state index is 0.258. The van der Waals surface area contributed by atoms with Gasteiger partial charge in [0.1, 0.15) is 17.2 Å². The lowest BCUT2D eigenvalue weighted by atomic mass is 10.2. The number of amides is 1. The zero-order valence-corrected chi connectivity index (χ0v) is 15.9. The second kappa shape index (κ2) is 7.45. The molecule has 4 aromatic rings. The summed E-state index contributed by atoms with van der Waals surface area (Å²) in [5, 5.41) is 11.2. The smallest absolute Gasteiger partial charge is 0.277 e. The monoisotopic (exact) mass is 399 g/mol. The van der Waals surface area contributed by atoms with Gasteiger partial charge in [-0.3, -0.25) is 10.1 Å². The van der Waals surface area contributed by atoms with E-state index in [1.54, 1.807) is 22.7 Å². The summed E-state index contributed by atoms with van der Waals surface area (Å²) in [7, 11) is 0. The molecule has 0 spiro atoms. The Bertz CT molecular complexity index is 1110. The minimum atomic E-state index is -0.331. The quantitative estimate of drug-likeness (QED) is 0.403. The zero-order chi connectivity index (χ0) is 18.8. The first-order valence-corrected chi connectivity index (χ1v) is 9.84. The standard InChI is InChI=1S/C18H14FN5OS2/c1-11-6-7-24-9-14(20-15(24)8-11)16(25)21-17-22-23-18(27-17)26-10-12-2-4-13(19)5-3-12/h2-9H,10H2,1H3,(H,21,22,25). The van der Waals surface area contributed by atoms with Gasteiger partial charge >= 0.3 is 0 Å². The molecule has 0 saturated heterocycles. The van der Waals surface area contributed by atoms with Crippen molar-refractivity contribution in [1.29, 1.82) is 0 Å². The second-order valence-corrected chi connectivity index (χ2v) is 8.04. The van der Waals surface area contributed by atoms with E-state index < -0.39 is 0 Å². The first-order chi connectivity index (χ1) is 13.1. The molecule has 6 nitrogen and oxygen atoms in total. The molecule has 1 amide bonds. The SMILES string of the molecule is Cc1ccn2cc(C(=O)Nc3nnc(SCc4ccc(F)cc4)s3)nc2c1. The van der Waals surface area contributed by atoms with Crippen LogP contribution < -0.4 is 5.32 Å². The predicted molar refractivity (Wildman–Crippen MR) is 104 cm³/mol. The van der Waals surface area contributed by atoms with Gasteiger partial charge in [0, 0.05) is 18.1 Å².